The molecule has 1 aliphatic rings. The molecule has 9 heteroatoms. The van der Waals surface area contributed by atoms with Crippen molar-refractivity contribution in [2.24, 2.45) is 0 Å². The summed E-state index contributed by atoms with van der Waals surface area (Å²) < 4.78 is 38.5. The third kappa shape index (κ3) is 7.67. The summed E-state index contributed by atoms with van der Waals surface area (Å²) in [6.07, 6.45) is 4.28. The standard InChI is InChI=1S/C24H41N3O5S/c1-5-8-9-10-13-26(15-14-25-16-18-32-19-17-25)24(28)21-11-12-22(31-4)23(20-21)33(29,30)27(6-2)7-3/h11-12,20H,5-10,13-19H2,1-4H3. The number of nitrogens with zero attached hydrogens (tertiary/aromatic N) is 3. The number of morpholine rings is 1. The molecule has 0 aromatic heterocycles. The van der Waals surface area contributed by atoms with E-state index >= 15 is 0 Å². The van der Waals surface area contributed by atoms with Gasteiger partial charge in [0.15, 0.2) is 0 Å². The lowest BCUT2D eigenvalue weighted by Gasteiger charge is -2.30. The van der Waals surface area contributed by atoms with Gasteiger partial charge in [0.05, 0.1) is 20.3 Å². The largest absolute Gasteiger partial charge is 0.495 e. The minimum Gasteiger partial charge on any atom is -0.495 e. The van der Waals surface area contributed by atoms with Crippen molar-refractivity contribution in [1.29, 1.82) is 0 Å². The van der Waals surface area contributed by atoms with Gasteiger partial charge in [-0.1, -0.05) is 40.0 Å². The summed E-state index contributed by atoms with van der Waals surface area (Å²) in [6.45, 7) is 11.7. The molecule has 1 amide bonds. The molecule has 33 heavy (non-hydrogen) atoms. The van der Waals surface area contributed by atoms with Gasteiger partial charge in [0.1, 0.15) is 10.6 Å². The number of benzene rings is 1. The molecule has 1 saturated heterocycles. The predicted molar refractivity (Wildman–Crippen MR) is 130 cm³/mol. The van der Waals surface area contributed by atoms with Crippen molar-refractivity contribution in [1.82, 2.24) is 14.1 Å². The minimum atomic E-state index is -3.76. The molecule has 0 saturated carbocycles. The summed E-state index contributed by atoms with van der Waals surface area (Å²) in [5.74, 6) is 0.111. The molecule has 0 radical (unpaired) electrons. The van der Waals surface area contributed by atoms with Gasteiger partial charge in [0.2, 0.25) is 10.0 Å². The van der Waals surface area contributed by atoms with Gasteiger partial charge in [-0.3, -0.25) is 9.69 Å². The lowest BCUT2D eigenvalue weighted by atomic mass is 10.1. The summed E-state index contributed by atoms with van der Waals surface area (Å²) in [6, 6.07) is 4.72. The number of unbranched alkanes of at least 4 members (excludes halogenated alkanes) is 3. The Kier molecular flexibility index (Phi) is 11.6. The Labute approximate surface area is 199 Å². The number of methoxy groups -OCH3 is 1. The SMILES string of the molecule is CCCCCCN(CCN1CCOCC1)C(=O)c1ccc(OC)c(S(=O)(=O)N(CC)CC)c1. The molecule has 1 aromatic carbocycles. The maximum absolute atomic E-state index is 13.5. The summed E-state index contributed by atoms with van der Waals surface area (Å²) >= 11 is 0. The number of carbonyl (C=O) groups excluding carboxylic acids is 1. The Balaban J connectivity index is 2.27. The van der Waals surface area contributed by atoms with Gasteiger partial charge in [0.25, 0.3) is 5.91 Å². The van der Waals surface area contributed by atoms with E-state index in [1.165, 1.54) is 17.5 Å². The van der Waals surface area contributed by atoms with E-state index in [9.17, 15) is 13.2 Å². The summed E-state index contributed by atoms with van der Waals surface area (Å²) in [5.41, 5.74) is 0.374. The molecular formula is C24H41N3O5S. The fourth-order valence-corrected chi connectivity index (χ4v) is 5.67. The van der Waals surface area contributed by atoms with Crippen LogP contribution in [0.5, 0.6) is 5.75 Å². The van der Waals surface area contributed by atoms with Crippen molar-refractivity contribution in [3.05, 3.63) is 23.8 Å². The number of hydrogen-bond acceptors (Lipinski definition) is 6. The minimum absolute atomic E-state index is 0.0404. The average Bonchev–Trinajstić information content (AvgIpc) is 2.84. The maximum Gasteiger partial charge on any atom is 0.253 e. The molecular weight excluding hydrogens is 442 g/mol. The van der Waals surface area contributed by atoms with Crippen molar-refractivity contribution >= 4 is 15.9 Å². The van der Waals surface area contributed by atoms with Crippen LogP contribution >= 0.6 is 0 Å². The Bertz CT molecular complexity index is 837. The van der Waals surface area contributed by atoms with Crippen molar-refractivity contribution in [2.45, 2.75) is 51.3 Å². The van der Waals surface area contributed by atoms with Gasteiger partial charge in [-0.05, 0) is 24.6 Å². The van der Waals surface area contributed by atoms with E-state index in [0.29, 0.717) is 31.7 Å². The molecule has 0 spiro atoms. The van der Waals surface area contributed by atoms with Crippen LogP contribution in [0.15, 0.2) is 23.1 Å². The molecule has 8 nitrogen and oxygen atoms in total. The van der Waals surface area contributed by atoms with Crippen LogP contribution in [-0.2, 0) is 14.8 Å². The summed E-state index contributed by atoms with van der Waals surface area (Å²) in [5, 5.41) is 0. The van der Waals surface area contributed by atoms with Gasteiger partial charge in [-0.15, -0.1) is 0 Å². The number of rotatable bonds is 14. The molecule has 2 rings (SSSR count). The van der Waals surface area contributed by atoms with E-state index in [0.717, 1.165) is 58.5 Å². The highest BCUT2D eigenvalue weighted by atomic mass is 32.2. The lowest BCUT2D eigenvalue weighted by Crippen LogP contribution is -2.43. The third-order valence-electron chi connectivity index (χ3n) is 6.09. The average molecular weight is 484 g/mol. The number of sulfonamides is 1. The van der Waals surface area contributed by atoms with E-state index in [1.54, 1.807) is 26.0 Å². The first-order valence-electron chi connectivity index (χ1n) is 12.2. The van der Waals surface area contributed by atoms with Gasteiger partial charge < -0.3 is 14.4 Å². The maximum atomic E-state index is 13.5. The number of ether oxygens (including phenoxy) is 2. The zero-order valence-corrected chi connectivity index (χ0v) is 21.5. The Morgan fingerprint density at radius 3 is 2.36 bits per heavy atom. The zero-order valence-electron chi connectivity index (χ0n) is 20.7. The van der Waals surface area contributed by atoms with Crippen LogP contribution < -0.4 is 4.74 Å². The highest BCUT2D eigenvalue weighted by molar-refractivity contribution is 7.89. The Morgan fingerprint density at radius 1 is 1.06 bits per heavy atom. The number of hydrogen-bond donors (Lipinski definition) is 0. The molecule has 0 atom stereocenters. The zero-order chi connectivity index (χ0) is 24.3. The molecule has 1 aliphatic heterocycles. The Hall–Kier alpha value is -1.68. The molecule has 188 valence electrons. The normalized spacial score (nSPS) is 15.1. The summed E-state index contributed by atoms with van der Waals surface area (Å²) in [4.78, 5) is 17.7. The van der Waals surface area contributed by atoms with Gasteiger partial charge in [-0.25, -0.2) is 8.42 Å². The van der Waals surface area contributed by atoms with Crippen molar-refractivity contribution in [3.8, 4) is 5.75 Å². The van der Waals surface area contributed by atoms with E-state index < -0.39 is 10.0 Å². The second-order valence-corrected chi connectivity index (χ2v) is 10.2. The second kappa shape index (κ2) is 13.9. The van der Waals surface area contributed by atoms with E-state index in [1.807, 2.05) is 4.90 Å². The van der Waals surface area contributed by atoms with Crippen LogP contribution in [0.4, 0.5) is 0 Å². The third-order valence-corrected chi connectivity index (χ3v) is 8.16. The number of carbonyl (C=O) groups is 1. The van der Waals surface area contributed by atoms with E-state index in [2.05, 4.69) is 11.8 Å². The first-order valence-corrected chi connectivity index (χ1v) is 13.6. The highest BCUT2D eigenvalue weighted by Gasteiger charge is 2.28. The molecule has 0 bridgehead atoms. The van der Waals surface area contributed by atoms with Crippen LogP contribution in [0.1, 0.15) is 56.8 Å². The van der Waals surface area contributed by atoms with Crippen molar-refractivity contribution in [2.75, 3.05) is 66.1 Å². The molecule has 1 heterocycles. The quantitative estimate of drug-likeness (QED) is 0.379. The van der Waals surface area contributed by atoms with Gasteiger partial charge >= 0.3 is 0 Å². The number of amides is 1. The molecule has 1 fully saturated rings. The Morgan fingerprint density at radius 2 is 1.76 bits per heavy atom. The van der Waals surface area contributed by atoms with E-state index in [-0.39, 0.29) is 16.6 Å². The first-order chi connectivity index (χ1) is 15.9. The molecule has 0 aliphatic carbocycles. The monoisotopic (exact) mass is 483 g/mol. The van der Waals surface area contributed by atoms with Crippen molar-refractivity contribution < 1.29 is 22.7 Å². The lowest BCUT2D eigenvalue weighted by molar-refractivity contribution is 0.0324. The molecule has 0 N–H and O–H groups in total. The van der Waals surface area contributed by atoms with Crippen LogP contribution in [0.25, 0.3) is 0 Å². The predicted octanol–water partition coefficient (Wildman–Crippen LogP) is 3.08. The van der Waals surface area contributed by atoms with Crippen LogP contribution in [-0.4, -0.2) is 94.6 Å². The highest BCUT2D eigenvalue weighted by Crippen LogP contribution is 2.28. The molecule has 1 aromatic rings. The fourth-order valence-electron chi connectivity index (χ4n) is 4.03. The van der Waals surface area contributed by atoms with Gasteiger partial charge in [-0.2, -0.15) is 4.31 Å². The second-order valence-electron chi connectivity index (χ2n) is 8.26. The topological polar surface area (TPSA) is 79.4 Å². The van der Waals surface area contributed by atoms with Crippen LogP contribution in [0.3, 0.4) is 0 Å². The van der Waals surface area contributed by atoms with Crippen LogP contribution in [0, 0.1) is 0 Å². The van der Waals surface area contributed by atoms with Crippen LogP contribution in [0.2, 0.25) is 0 Å². The van der Waals surface area contributed by atoms with Crippen molar-refractivity contribution in [3.63, 3.8) is 0 Å². The van der Waals surface area contributed by atoms with E-state index in [4.69, 9.17) is 9.47 Å². The first kappa shape index (κ1) is 27.6. The summed E-state index contributed by atoms with van der Waals surface area (Å²) in [7, 11) is -2.32. The fraction of sp³-hybridized carbons (Fsp3) is 0.708. The van der Waals surface area contributed by atoms with Gasteiger partial charge in [0, 0.05) is 51.4 Å². The smallest absolute Gasteiger partial charge is 0.253 e. The molecule has 0 unspecified atom stereocenters.